The molecule has 0 spiro atoms. The molecular weight excluding hydrogens is 370 g/mol. The summed E-state index contributed by atoms with van der Waals surface area (Å²) in [6.45, 7) is 1.08. The number of nitrogens with one attached hydrogen (secondary N) is 3. The van der Waals surface area contributed by atoms with Crippen molar-refractivity contribution in [2.24, 2.45) is 0 Å². The normalized spacial score (nSPS) is 10.4. The zero-order valence-electron chi connectivity index (χ0n) is 16.1. The standard InChI is InChI=1S/C22H23N3O4/c1-28-19-10-4-16(5-11-19)13-23-15-21(26)25-18-8-6-17(7-9-18)22(27)24-14-20-3-2-12-29-20/h2-12,23H,13-15H2,1H3,(H,24,27)(H,25,26). The van der Waals surface area contributed by atoms with Crippen LogP contribution in [0, 0.1) is 0 Å². The molecule has 3 aromatic rings. The van der Waals surface area contributed by atoms with Crippen LogP contribution in [-0.4, -0.2) is 25.5 Å². The second-order valence-electron chi connectivity index (χ2n) is 6.34. The van der Waals surface area contributed by atoms with E-state index >= 15 is 0 Å². The summed E-state index contributed by atoms with van der Waals surface area (Å²) in [6.07, 6.45) is 1.56. The second kappa shape index (κ2) is 10.1. The summed E-state index contributed by atoms with van der Waals surface area (Å²) in [4.78, 5) is 24.2. The minimum atomic E-state index is -0.208. The van der Waals surface area contributed by atoms with Crippen molar-refractivity contribution >= 4 is 17.5 Å². The lowest BCUT2D eigenvalue weighted by Crippen LogP contribution is -2.27. The lowest BCUT2D eigenvalue weighted by atomic mass is 10.2. The van der Waals surface area contributed by atoms with E-state index in [9.17, 15) is 9.59 Å². The second-order valence-corrected chi connectivity index (χ2v) is 6.34. The van der Waals surface area contributed by atoms with Crippen molar-refractivity contribution in [3.05, 3.63) is 83.8 Å². The van der Waals surface area contributed by atoms with Gasteiger partial charge in [0.25, 0.3) is 5.91 Å². The smallest absolute Gasteiger partial charge is 0.251 e. The molecule has 0 saturated carbocycles. The predicted octanol–water partition coefficient (Wildman–Crippen LogP) is 2.95. The Morgan fingerprint density at radius 2 is 1.72 bits per heavy atom. The molecule has 2 aromatic carbocycles. The van der Waals surface area contributed by atoms with Crippen LogP contribution in [0.5, 0.6) is 5.75 Å². The highest BCUT2D eigenvalue weighted by Gasteiger charge is 2.07. The van der Waals surface area contributed by atoms with Crippen molar-refractivity contribution in [2.75, 3.05) is 19.0 Å². The molecule has 7 nitrogen and oxygen atoms in total. The maximum atomic E-state index is 12.1. The third-order valence-electron chi connectivity index (χ3n) is 4.21. The average molecular weight is 393 g/mol. The Labute approximate surface area is 169 Å². The highest BCUT2D eigenvalue weighted by atomic mass is 16.5. The van der Waals surface area contributed by atoms with Crippen LogP contribution < -0.4 is 20.7 Å². The van der Waals surface area contributed by atoms with Gasteiger partial charge in [0, 0.05) is 17.8 Å². The maximum Gasteiger partial charge on any atom is 0.251 e. The molecule has 1 aromatic heterocycles. The molecule has 0 aliphatic carbocycles. The maximum absolute atomic E-state index is 12.1. The van der Waals surface area contributed by atoms with Gasteiger partial charge < -0.3 is 25.1 Å². The van der Waals surface area contributed by atoms with Crippen LogP contribution in [-0.2, 0) is 17.9 Å². The van der Waals surface area contributed by atoms with Crippen molar-refractivity contribution in [2.45, 2.75) is 13.1 Å². The highest BCUT2D eigenvalue weighted by Crippen LogP contribution is 2.11. The number of furan rings is 1. The molecule has 3 N–H and O–H groups in total. The van der Waals surface area contributed by atoms with Crippen LogP contribution in [0.25, 0.3) is 0 Å². The van der Waals surface area contributed by atoms with E-state index in [1.807, 2.05) is 24.3 Å². The Hall–Kier alpha value is -3.58. The molecular formula is C22H23N3O4. The van der Waals surface area contributed by atoms with Gasteiger partial charge in [0.2, 0.25) is 5.91 Å². The van der Waals surface area contributed by atoms with E-state index in [0.29, 0.717) is 30.1 Å². The number of methoxy groups -OCH3 is 1. The molecule has 0 unspecified atom stereocenters. The van der Waals surface area contributed by atoms with Gasteiger partial charge in [-0.15, -0.1) is 0 Å². The minimum Gasteiger partial charge on any atom is -0.497 e. The first kappa shape index (κ1) is 20.2. The quantitative estimate of drug-likeness (QED) is 0.520. The number of carbonyl (C=O) groups is 2. The van der Waals surface area contributed by atoms with Gasteiger partial charge in [0.15, 0.2) is 0 Å². The summed E-state index contributed by atoms with van der Waals surface area (Å²) in [5.74, 6) is 1.11. The average Bonchev–Trinajstić information content (AvgIpc) is 3.27. The molecule has 1 heterocycles. The summed E-state index contributed by atoms with van der Waals surface area (Å²) in [5, 5.41) is 8.67. The van der Waals surface area contributed by atoms with Crippen LogP contribution in [0.2, 0.25) is 0 Å². The third-order valence-corrected chi connectivity index (χ3v) is 4.21. The van der Waals surface area contributed by atoms with E-state index in [1.54, 1.807) is 49.8 Å². The van der Waals surface area contributed by atoms with Gasteiger partial charge in [-0.2, -0.15) is 0 Å². The van der Waals surface area contributed by atoms with Gasteiger partial charge >= 0.3 is 0 Å². The lowest BCUT2D eigenvalue weighted by Gasteiger charge is -2.08. The molecule has 29 heavy (non-hydrogen) atoms. The van der Waals surface area contributed by atoms with Gasteiger partial charge in [-0.1, -0.05) is 12.1 Å². The zero-order chi connectivity index (χ0) is 20.5. The predicted molar refractivity (Wildman–Crippen MR) is 110 cm³/mol. The number of benzene rings is 2. The first-order chi connectivity index (χ1) is 14.1. The van der Waals surface area contributed by atoms with Gasteiger partial charge in [-0.05, 0) is 54.1 Å². The lowest BCUT2D eigenvalue weighted by molar-refractivity contribution is -0.115. The van der Waals surface area contributed by atoms with Crippen molar-refractivity contribution in [1.82, 2.24) is 10.6 Å². The Bertz CT molecular complexity index is 920. The molecule has 0 bridgehead atoms. The molecule has 0 atom stereocenters. The van der Waals surface area contributed by atoms with Crippen LogP contribution in [0.15, 0.2) is 71.3 Å². The summed E-state index contributed by atoms with van der Waals surface area (Å²) in [6, 6.07) is 17.9. The number of anilines is 1. The molecule has 0 radical (unpaired) electrons. The van der Waals surface area contributed by atoms with Crippen molar-refractivity contribution in [1.29, 1.82) is 0 Å². The monoisotopic (exact) mass is 393 g/mol. The Kier molecular flexibility index (Phi) is 7.02. The van der Waals surface area contributed by atoms with Crippen LogP contribution >= 0.6 is 0 Å². The van der Waals surface area contributed by atoms with Crippen LogP contribution in [0.3, 0.4) is 0 Å². The van der Waals surface area contributed by atoms with Crippen LogP contribution in [0.4, 0.5) is 5.69 Å². The van der Waals surface area contributed by atoms with Crippen LogP contribution in [0.1, 0.15) is 21.7 Å². The van der Waals surface area contributed by atoms with Crippen molar-refractivity contribution < 1.29 is 18.7 Å². The molecule has 7 heteroatoms. The first-order valence-corrected chi connectivity index (χ1v) is 9.18. The molecule has 0 fully saturated rings. The topological polar surface area (TPSA) is 92.6 Å². The Balaban J connectivity index is 1.41. The number of amides is 2. The van der Waals surface area contributed by atoms with E-state index in [0.717, 1.165) is 11.3 Å². The van der Waals surface area contributed by atoms with E-state index in [2.05, 4.69) is 16.0 Å². The fourth-order valence-electron chi connectivity index (χ4n) is 2.66. The van der Waals surface area contributed by atoms with E-state index in [4.69, 9.17) is 9.15 Å². The first-order valence-electron chi connectivity index (χ1n) is 9.18. The molecule has 2 amide bonds. The molecule has 3 rings (SSSR count). The third kappa shape index (κ3) is 6.22. The van der Waals surface area contributed by atoms with Gasteiger partial charge in [0.1, 0.15) is 11.5 Å². The highest BCUT2D eigenvalue weighted by molar-refractivity contribution is 5.96. The Morgan fingerprint density at radius 3 is 2.38 bits per heavy atom. The summed E-state index contributed by atoms with van der Waals surface area (Å²) >= 11 is 0. The van der Waals surface area contributed by atoms with Gasteiger partial charge in [-0.25, -0.2) is 0 Å². The molecule has 150 valence electrons. The van der Waals surface area contributed by atoms with Crippen molar-refractivity contribution in [3.8, 4) is 5.75 Å². The molecule has 0 saturated heterocycles. The fraction of sp³-hybridized carbons (Fsp3) is 0.182. The number of hydrogen-bond acceptors (Lipinski definition) is 5. The van der Waals surface area contributed by atoms with E-state index in [1.165, 1.54) is 0 Å². The van der Waals surface area contributed by atoms with E-state index in [-0.39, 0.29) is 18.4 Å². The number of carbonyl (C=O) groups excluding carboxylic acids is 2. The van der Waals surface area contributed by atoms with Gasteiger partial charge in [0.05, 0.1) is 26.5 Å². The van der Waals surface area contributed by atoms with E-state index < -0.39 is 0 Å². The molecule has 0 aliphatic heterocycles. The largest absolute Gasteiger partial charge is 0.497 e. The molecule has 0 aliphatic rings. The van der Waals surface area contributed by atoms with Crippen molar-refractivity contribution in [3.63, 3.8) is 0 Å². The fourth-order valence-corrected chi connectivity index (χ4v) is 2.66. The minimum absolute atomic E-state index is 0.159. The van der Waals surface area contributed by atoms with Gasteiger partial charge in [-0.3, -0.25) is 9.59 Å². The SMILES string of the molecule is COc1ccc(CNCC(=O)Nc2ccc(C(=O)NCc3ccco3)cc2)cc1. The summed E-state index contributed by atoms with van der Waals surface area (Å²) < 4.78 is 10.3. The summed E-state index contributed by atoms with van der Waals surface area (Å²) in [7, 11) is 1.62. The zero-order valence-corrected chi connectivity index (χ0v) is 16.1. The number of rotatable bonds is 9. The Morgan fingerprint density at radius 1 is 0.966 bits per heavy atom. The summed E-state index contributed by atoms with van der Waals surface area (Å²) in [5.41, 5.74) is 2.19. The number of ether oxygens (including phenoxy) is 1. The number of hydrogen-bond donors (Lipinski definition) is 3.